The summed E-state index contributed by atoms with van der Waals surface area (Å²) < 4.78 is 9.06. The Morgan fingerprint density at radius 2 is 1.80 bits per heavy atom. The second-order valence-corrected chi connectivity index (χ2v) is 3.38. The maximum Gasteiger partial charge on any atom is 0.320 e. The summed E-state index contributed by atoms with van der Waals surface area (Å²) in [6.07, 6.45) is 2.94. The molecule has 0 radical (unpaired) electrons. The summed E-state index contributed by atoms with van der Waals surface area (Å²) in [6.45, 7) is 0. The minimum atomic E-state index is -0.978. The van der Waals surface area contributed by atoms with Crippen molar-refractivity contribution in [3.63, 3.8) is 0 Å². The number of hydrogen-bond donors (Lipinski definition) is 1. The van der Waals surface area contributed by atoms with Gasteiger partial charge in [0, 0.05) is 5.92 Å². The summed E-state index contributed by atoms with van der Waals surface area (Å²) in [6, 6.07) is 0. The van der Waals surface area contributed by atoms with Gasteiger partial charge in [0.1, 0.15) is 0 Å². The highest BCUT2D eigenvalue weighted by molar-refractivity contribution is 5.95. The molecule has 0 amide bonds. The Balaban J connectivity index is 2.77. The van der Waals surface area contributed by atoms with E-state index in [2.05, 4.69) is 9.47 Å². The van der Waals surface area contributed by atoms with Crippen molar-refractivity contribution in [1.29, 1.82) is 0 Å². The molecule has 0 heterocycles. The van der Waals surface area contributed by atoms with Crippen molar-refractivity contribution >= 4 is 11.9 Å². The van der Waals surface area contributed by atoms with Gasteiger partial charge in [-0.1, -0.05) is 12.2 Å². The summed E-state index contributed by atoms with van der Waals surface area (Å²) >= 11 is 0. The lowest BCUT2D eigenvalue weighted by molar-refractivity contribution is -0.160. The van der Waals surface area contributed by atoms with Crippen LogP contribution >= 0.6 is 0 Å². The smallest absolute Gasteiger partial charge is 0.320 e. The number of aliphatic hydroxyl groups is 1. The Morgan fingerprint density at radius 3 is 2.13 bits per heavy atom. The molecule has 15 heavy (non-hydrogen) atoms. The number of carbonyl (C=O) groups is 2. The maximum atomic E-state index is 11.4. The molecule has 0 spiro atoms. The third-order valence-corrected chi connectivity index (χ3v) is 2.43. The first kappa shape index (κ1) is 11.7. The van der Waals surface area contributed by atoms with Crippen LogP contribution in [0, 0.1) is 11.8 Å². The predicted octanol–water partition coefficient (Wildman–Crippen LogP) is -0.114. The van der Waals surface area contributed by atoms with Crippen LogP contribution in [0.2, 0.25) is 0 Å². The number of aliphatic hydroxyl groups excluding tert-OH is 1. The lowest BCUT2D eigenvalue weighted by Gasteiger charge is -2.17. The van der Waals surface area contributed by atoms with Crippen LogP contribution in [0.1, 0.15) is 6.42 Å². The van der Waals surface area contributed by atoms with Crippen molar-refractivity contribution in [1.82, 2.24) is 0 Å². The largest absolute Gasteiger partial charge is 0.468 e. The molecule has 0 aromatic carbocycles. The average Bonchev–Trinajstić information content (AvgIpc) is 2.64. The van der Waals surface area contributed by atoms with Crippen molar-refractivity contribution in [3.8, 4) is 0 Å². The molecule has 84 valence electrons. The first-order valence-corrected chi connectivity index (χ1v) is 4.62. The van der Waals surface area contributed by atoms with E-state index in [0.717, 1.165) is 0 Å². The van der Waals surface area contributed by atoms with Crippen LogP contribution in [-0.4, -0.2) is 37.4 Å². The minimum Gasteiger partial charge on any atom is -0.468 e. The Labute approximate surface area is 87.7 Å². The van der Waals surface area contributed by atoms with Gasteiger partial charge in [0.15, 0.2) is 5.92 Å². The molecule has 0 aromatic rings. The van der Waals surface area contributed by atoms with Crippen molar-refractivity contribution in [2.75, 3.05) is 14.2 Å². The van der Waals surface area contributed by atoms with Crippen LogP contribution in [0.5, 0.6) is 0 Å². The highest BCUT2D eigenvalue weighted by atomic mass is 16.5. The van der Waals surface area contributed by atoms with Crippen LogP contribution in [0.4, 0.5) is 0 Å². The van der Waals surface area contributed by atoms with Gasteiger partial charge < -0.3 is 14.6 Å². The normalized spacial score (nSPS) is 24.3. The lowest BCUT2D eigenvalue weighted by Crippen LogP contribution is -2.32. The van der Waals surface area contributed by atoms with Crippen molar-refractivity contribution in [3.05, 3.63) is 12.2 Å². The topological polar surface area (TPSA) is 72.8 Å². The lowest BCUT2D eigenvalue weighted by atomic mass is 9.91. The number of rotatable bonds is 3. The highest BCUT2D eigenvalue weighted by Gasteiger charge is 2.38. The third-order valence-electron chi connectivity index (χ3n) is 2.43. The van der Waals surface area contributed by atoms with E-state index in [9.17, 15) is 14.7 Å². The molecule has 1 aliphatic carbocycles. The van der Waals surface area contributed by atoms with Crippen LogP contribution in [-0.2, 0) is 19.1 Å². The van der Waals surface area contributed by atoms with Gasteiger partial charge >= 0.3 is 11.9 Å². The van der Waals surface area contributed by atoms with Gasteiger partial charge in [0.2, 0.25) is 0 Å². The zero-order valence-electron chi connectivity index (χ0n) is 8.67. The Bertz CT molecular complexity index is 268. The molecule has 1 N–H and O–H groups in total. The van der Waals surface area contributed by atoms with Gasteiger partial charge in [-0.25, -0.2) is 0 Å². The van der Waals surface area contributed by atoms with E-state index < -0.39 is 24.0 Å². The van der Waals surface area contributed by atoms with Gasteiger partial charge in [0.05, 0.1) is 20.3 Å². The van der Waals surface area contributed by atoms with E-state index in [4.69, 9.17) is 0 Å². The molecule has 5 heteroatoms. The number of hydrogen-bond acceptors (Lipinski definition) is 5. The van der Waals surface area contributed by atoms with Crippen LogP contribution in [0.25, 0.3) is 0 Å². The number of allylic oxidation sites excluding steroid dienone is 1. The van der Waals surface area contributed by atoms with Gasteiger partial charge in [-0.15, -0.1) is 0 Å². The maximum absolute atomic E-state index is 11.4. The monoisotopic (exact) mass is 214 g/mol. The quantitative estimate of drug-likeness (QED) is 0.403. The van der Waals surface area contributed by atoms with Crippen molar-refractivity contribution < 1.29 is 24.2 Å². The highest BCUT2D eigenvalue weighted by Crippen LogP contribution is 2.27. The molecule has 0 saturated carbocycles. The van der Waals surface area contributed by atoms with Gasteiger partial charge in [-0.3, -0.25) is 9.59 Å². The van der Waals surface area contributed by atoms with Crippen LogP contribution in [0.3, 0.4) is 0 Å². The fourth-order valence-electron chi connectivity index (χ4n) is 1.65. The molecule has 2 unspecified atom stereocenters. The molecule has 0 bridgehead atoms. The van der Waals surface area contributed by atoms with E-state index in [0.29, 0.717) is 6.42 Å². The zero-order chi connectivity index (χ0) is 11.4. The number of carbonyl (C=O) groups excluding carboxylic acids is 2. The summed E-state index contributed by atoms with van der Waals surface area (Å²) in [5.41, 5.74) is 0. The van der Waals surface area contributed by atoms with Gasteiger partial charge in [0.25, 0.3) is 0 Å². The number of esters is 2. The molecule has 0 aliphatic heterocycles. The van der Waals surface area contributed by atoms with E-state index in [1.165, 1.54) is 14.2 Å². The molecule has 1 rings (SSSR count). The van der Waals surface area contributed by atoms with E-state index in [-0.39, 0.29) is 5.92 Å². The van der Waals surface area contributed by atoms with E-state index in [1.54, 1.807) is 12.2 Å². The summed E-state index contributed by atoms with van der Waals surface area (Å²) in [4.78, 5) is 22.7. The molecule has 0 saturated heterocycles. The van der Waals surface area contributed by atoms with Crippen molar-refractivity contribution in [2.45, 2.75) is 12.5 Å². The molecular weight excluding hydrogens is 200 g/mol. The average molecular weight is 214 g/mol. The molecule has 5 nitrogen and oxygen atoms in total. The Morgan fingerprint density at radius 1 is 1.27 bits per heavy atom. The van der Waals surface area contributed by atoms with Crippen molar-refractivity contribution in [2.24, 2.45) is 11.8 Å². The second kappa shape index (κ2) is 4.93. The second-order valence-electron chi connectivity index (χ2n) is 3.38. The van der Waals surface area contributed by atoms with E-state index >= 15 is 0 Å². The zero-order valence-corrected chi connectivity index (χ0v) is 8.67. The molecule has 0 aromatic heterocycles. The first-order chi connectivity index (χ1) is 7.10. The molecule has 0 fully saturated rings. The van der Waals surface area contributed by atoms with Crippen LogP contribution in [0.15, 0.2) is 12.2 Å². The predicted molar refractivity (Wildman–Crippen MR) is 50.8 cm³/mol. The number of methoxy groups -OCH3 is 2. The Kier molecular flexibility index (Phi) is 3.85. The SMILES string of the molecule is COC(=O)C(C(=O)OC)C1C=CC(O)C1. The minimum absolute atomic E-state index is 0.342. The summed E-state index contributed by atoms with van der Waals surface area (Å²) in [7, 11) is 2.43. The summed E-state index contributed by atoms with van der Waals surface area (Å²) in [5.74, 6) is -2.59. The summed E-state index contributed by atoms with van der Waals surface area (Å²) in [5, 5.41) is 9.27. The third kappa shape index (κ3) is 2.56. The first-order valence-electron chi connectivity index (χ1n) is 4.62. The van der Waals surface area contributed by atoms with Crippen LogP contribution < -0.4 is 0 Å². The standard InChI is InChI=1S/C10H14O5/c1-14-9(12)8(10(13)15-2)6-3-4-7(11)5-6/h3-4,6-8,11H,5H2,1-2H3. The molecule has 1 aliphatic rings. The number of ether oxygens (including phenoxy) is 2. The molecule has 2 atom stereocenters. The molecular formula is C10H14O5. The fraction of sp³-hybridized carbons (Fsp3) is 0.600. The fourth-order valence-corrected chi connectivity index (χ4v) is 1.65. The van der Waals surface area contributed by atoms with Gasteiger partial charge in [-0.2, -0.15) is 0 Å². The van der Waals surface area contributed by atoms with Gasteiger partial charge in [-0.05, 0) is 6.42 Å². The van der Waals surface area contributed by atoms with E-state index in [1.807, 2.05) is 0 Å². The Hall–Kier alpha value is -1.36.